The Bertz CT molecular complexity index is 1410. The molecule has 35 heavy (non-hydrogen) atoms. The summed E-state index contributed by atoms with van der Waals surface area (Å²) in [4.78, 5) is 12.5. The van der Waals surface area contributed by atoms with Crippen molar-refractivity contribution in [3.8, 4) is 22.5 Å². The number of nitrogens with zero attached hydrogens (tertiary/aromatic N) is 1. The van der Waals surface area contributed by atoms with Gasteiger partial charge in [-0.2, -0.15) is 0 Å². The molecule has 2 N–H and O–H groups in total. The van der Waals surface area contributed by atoms with Crippen molar-refractivity contribution >= 4 is 27.5 Å². The third-order valence-electron chi connectivity index (χ3n) is 5.31. The number of hydrogen-bond donors (Lipinski definition) is 2. The summed E-state index contributed by atoms with van der Waals surface area (Å²) in [5, 5.41) is 6.76. The number of hydrogen-bond acceptors (Lipinski definition) is 6. The molecule has 0 aliphatic carbocycles. The fraction of sp³-hybridized carbons (Fsp3) is 0.154. The monoisotopic (exact) mass is 491 g/mol. The lowest BCUT2D eigenvalue weighted by molar-refractivity contribution is 0.121. The Kier molecular flexibility index (Phi) is 6.88. The molecule has 0 radical (unpaired) electrons. The summed E-state index contributed by atoms with van der Waals surface area (Å²) in [5.41, 5.74) is 4.94. The maximum absolute atomic E-state index is 12.5. The van der Waals surface area contributed by atoms with E-state index in [0.717, 1.165) is 28.5 Å². The van der Waals surface area contributed by atoms with Crippen LogP contribution in [-0.4, -0.2) is 25.9 Å². The maximum atomic E-state index is 12.5. The van der Waals surface area contributed by atoms with Crippen LogP contribution >= 0.6 is 0 Å². The Labute approximate surface area is 204 Å². The van der Waals surface area contributed by atoms with E-state index < -0.39 is 22.2 Å². The number of aromatic nitrogens is 1. The summed E-state index contributed by atoms with van der Waals surface area (Å²) in [6.07, 6.45) is 0.0868. The van der Waals surface area contributed by atoms with Gasteiger partial charge in [0.05, 0.1) is 6.26 Å². The number of amides is 1. The fourth-order valence-electron chi connectivity index (χ4n) is 3.56. The van der Waals surface area contributed by atoms with E-state index >= 15 is 0 Å². The van der Waals surface area contributed by atoms with Crippen molar-refractivity contribution in [3.63, 3.8) is 0 Å². The number of sulfonamides is 1. The van der Waals surface area contributed by atoms with Crippen LogP contribution in [0.3, 0.4) is 0 Å². The second-order valence-electron chi connectivity index (χ2n) is 8.08. The zero-order valence-electron chi connectivity index (χ0n) is 19.5. The van der Waals surface area contributed by atoms with Crippen molar-refractivity contribution in [2.24, 2.45) is 0 Å². The van der Waals surface area contributed by atoms with Crippen LogP contribution in [0.1, 0.15) is 24.3 Å². The molecule has 180 valence electrons. The van der Waals surface area contributed by atoms with Crippen LogP contribution in [0, 0.1) is 6.92 Å². The quantitative estimate of drug-likeness (QED) is 0.328. The van der Waals surface area contributed by atoms with Crippen LogP contribution < -0.4 is 10.0 Å². The second kappa shape index (κ2) is 10.0. The highest BCUT2D eigenvalue weighted by atomic mass is 32.2. The molecule has 1 amide bonds. The molecule has 0 bridgehead atoms. The van der Waals surface area contributed by atoms with Gasteiger partial charge in [-0.25, -0.2) is 13.2 Å². The molecule has 0 saturated carbocycles. The van der Waals surface area contributed by atoms with Gasteiger partial charge in [-0.15, -0.1) is 0 Å². The molecule has 3 aromatic carbocycles. The lowest BCUT2D eigenvalue weighted by atomic mass is 10.0. The minimum Gasteiger partial charge on any atom is -0.441 e. The third-order valence-corrected chi connectivity index (χ3v) is 5.92. The highest BCUT2D eigenvalue weighted by Gasteiger charge is 2.20. The molecule has 0 saturated heterocycles. The largest absolute Gasteiger partial charge is 0.441 e. The summed E-state index contributed by atoms with van der Waals surface area (Å²) in [5.74, 6) is 0.422. The van der Waals surface area contributed by atoms with E-state index in [1.165, 1.54) is 0 Å². The van der Waals surface area contributed by atoms with Crippen molar-refractivity contribution < 1.29 is 22.5 Å². The molecule has 1 atom stereocenters. The number of anilines is 2. The second-order valence-corrected chi connectivity index (χ2v) is 9.83. The van der Waals surface area contributed by atoms with E-state index in [1.54, 1.807) is 26.0 Å². The van der Waals surface area contributed by atoms with Crippen LogP contribution in [0.25, 0.3) is 22.5 Å². The Morgan fingerprint density at radius 2 is 1.49 bits per heavy atom. The van der Waals surface area contributed by atoms with E-state index in [-0.39, 0.29) is 0 Å². The lowest BCUT2D eigenvalue weighted by Gasteiger charge is -2.14. The molecule has 0 fully saturated rings. The van der Waals surface area contributed by atoms with Crippen molar-refractivity contribution in [2.45, 2.75) is 20.0 Å². The zero-order chi connectivity index (χ0) is 25.0. The van der Waals surface area contributed by atoms with Gasteiger partial charge >= 0.3 is 6.09 Å². The molecular weight excluding hydrogens is 466 g/mol. The SMILES string of the molecule is Cc1noc(-c2ccc(-c3ccc(NS(C)(=O)=O)cc3)cc2)c1NC(=O)OC(C)c1ccccc1. The Morgan fingerprint density at radius 3 is 2.09 bits per heavy atom. The normalized spacial score (nSPS) is 12.1. The molecule has 1 heterocycles. The Morgan fingerprint density at radius 1 is 0.914 bits per heavy atom. The molecule has 9 heteroatoms. The van der Waals surface area contributed by atoms with Gasteiger partial charge in [0.25, 0.3) is 0 Å². The topological polar surface area (TPSA) is 111 Å². The number of benzene rings is 3. The smallest absolute Gasteiger partial charge is 0.412 e. The van der Waals surface area contributed by atoms with Gasteiger partial charge in [0.2, 0.25) is 10.0 Å². The molecule has 0 spiro atoms. The first-order chi connectivity index (χ1) is 16.7. The van der Waals surface area contributed by atoms with Gasteiger partial charge in [0.15, 0.2) is 5.76 Å². The van der Waals surface area contributed by atoms with Crippen LogP contribution in [0.5, 0.6) is 0 Å². The van der Waals surface area contributed by atoms with Gasteiger partial charge in [-0.1, -0.05) is 71.9 Å². The average molecular weight is 492 g/mol. The van der Waals surface area contributed by atoms with Crippen LogP contribution in [-0.2, 0) is 14.8 Å². The highest BCUT2D eigenvalue weighted by Crippen LogP contribution is 2.33. The van der Waals surface area contributed by atoms with E-state index in [0.29, 0.717) is 22.8 Å². The van der Waals surface area contributed by atoms with Crippen molar-refractivity contribution in [2.75, 3.05) is 16.3 Å². The summed E-state index contributed by atoms with van der Waals surface area (Å²) in [7, 11) is -3.33. The van der Waals surface area contributed by atoms with Crippen LogP contribution in [0.4, 0.5) is 16.2 Å². The predicted molar refractivity (Wildman–Crippen MR) is 136 cm³/mol. The molecular formula is C26H25N3O5S. The van der Waals surface area contributed by atoms with Crippen LogP contribution in [0.15, 0.2) is 83.4 Å². The first-order valence-corrected chi connectivity index (χ1v) is 12.8. The molecule has 8 nitrogen and oxygen atoms in total. The fourth-order valence-corrected chi connectivity index (χ4v) is 4.12. The number of aryl methyl sites for hydroxylation is 1. The zero-order valence-corrected chi connectivity index (χ0v) is 20.3. The third kappa shape index (κ3) is 6.07. The molecule has 4 aromatic rings. The van der Waals surface area contributed by atoms with E-state index in [2.05, 4.69) is 15.2 Å². The van der Waals surface area contributed by atoms with E-state index in [1.807, 2.05) is 66.7 Å². The maximum Gasteiger partial charge on any atom is 0.412 e. The van der Waals surface area contributed by atoms with Crippen LogP contribution in [0.2, 0.25) is 0 Å². The van der Waals surface area contributed by atoms with Gasteiger partial charge in [-0.3, -0.25) is 10.0 Å². The Balaban J connectivity index is 1.48. The first kappa shape index (κ1) is 24.0. The van der Waals surface area contributed by atoms with Crippen molar-refractivity contribution in [1.29, 1.82) is 0 Å². The van der Waals surface area contributed by atoms with Crippen molar-refractivity contribution in [3.05, 3.63) is 90.1 Å². The first-order valence-electron chi connectivity index (χ1n) is 10.9. The average Bonchev–Trinajstić information content (AvgIpc) is 3.19. The molecule has 1 unspecified atom stereocenters. The number of nitrogens with one attached hydrogen (secondary N) is 2. The highest BCUT2D eigenvalue weighted by molar-refractivity contribution is 7.92. The summed E-state index contributed by atoms with van der Waals surface area (Å²) < 4.78 is 36.2. The van der Waals surface area contributed by atoms with Gasteiger partial charge in [0.1, 0.15) is 17.5 Å². The number of carbonyl (C=O) groups is 1. The number of carbonyl (C=O) groups excluding carboxylic acids is 1. The Hall–Kier alpha value is -4.11. The number of ether oxygens (including phenoxy) is 1. The summed E-state index contributed by atoms with van der Waals surface area (Å²) in [6.45, 7) is 3.54. The summed E-state index contributed by atoms with van der Waals surface area (Å²) >= 11 is 0. The molecule has 1 aromatic heterocycles. The van der Waals surface area contributed by atoms with Gasteiger partial charge in [0, 0.05) is 11.3 Å². The molecule has 0 aliphatic heterocycles. The predicted octanol–water partition coefficient (Wildman–Crippen LogP) is 6.00. The van der Waals surface area contributed by atoms with E-state index in [4.69, 9.17) is 9.26 Å². The van der Waals surface area contributed by atoms with Gasteiger partial charge < -0.3 is 9.26 Å². The molecule has 0 aliphatic rings. The lowest BCUT2D eigenvalue weighted by Crippen LogP contribution is -2.16. The number of rotatable bonds is 7. The molecule has 4 rings (SSSR count). The standard InChI is InChI=1S/C26H25N3O5S/c1-17-24(27-26(30)33-18(2)19-7-5-4-6-8-19)25(34-28-17)22-11-9-20(10-12-22)21-13-15-23(16-14-21)29-35(3,31)32/h4-16,18,29H,1-3H3,(H,27,30). The minimum atomic E-state index is -3.33. The van der Waals surface area contributed by atoms with Gasteiger partial charge in [-0.05, 0) is 42.7 Å². The summed E-state index contributed by atoms with van der Waals surface area (Å²) in [6, 6.07) is 24.1. The minimum absolute atomic E-state index is 0.418. The van der Waals surface area contributed by atoms with E-state index in [9.17, 15) is 13.2 Å². The van der Waals surface area contributed by atoms with Crippen molar-refractivity contribution in [1.82, 2.24) is 5.16 Å².